The highest BCUT2D eigenvalue weighted by molar-refractivity contribution is 7.91. The summed E-state index contributed by atoms with van der Waals surface area (Å²) in [4.78, 5) is 4.10. The highest BCUT2D eigenvalue weighted by Crippen LogP contribution is 2.42. The number of alkyl halides is 2. The number of aromatic nitrogens is 1. The van der Waals surface area contributed by atoms with Crippen molar-refractivity contribution in [1.82, 2.24) is 9.71 Å². The maximum atomic E-state index is 12.1. The second-order valence-corrected chi connectivity index (χ2v) is 8.94. The maximum Gasteiger partial charge on any atom is 0.252 e. The molecule has 2 rings (SSSR count). The molecule has 0 spiro atoms. The third kappa shape index (κ3) is 2.93. The van der Waals surface area contributed by atoms with Gasteiger partial charge in [0, 0.05) is 6.04 Å². The molecule has 1 fully saturated rings. The van der Waals surface area contributed by atoms with Crippen LogP contribution in [0.15, 0.2) is 4.21 Å². The first-order chi connectivity index (χ1) is 7.70. The first-order valence-corrected chi connectivity index (χ1v) is 8.09. The minimum atomic E-state index is -3.49. The van der Waals surface area contributed by atoms with Crippen molar-refractivity contribution in [2.45, 2.75) is 41.3 Å². The Balaban J connectivity index is 2.13. The molecule has 1 aliphatic rings. The lowest BCUT2D eigenvalue weighted by Gasteiger charge is -2.37. The van der Waals surface area contributed by atoms with Crippen molar-refractivity contribution in [2.75, 3.05) is 0 Å². The molecule has 96 valence electrons. The third-order valence-corrected chi connectivity index (χ3v) is 6.34. The number of rotatable bonds is 3. The summed E-state index contributed by atoms with van der Waals surface area (Å²) in [6, 6.07) is -0.184. The van der Waals surface area contributed by atoms with Crippen LogP contribution in [-0.4, -0.2) is 23.8 Å². The van der Waals surface area contributed by atoms with E-state index in [4.69, 9.17) is 23.2 Å². The van der Waals surface area contributed by atoms with E-state index in [1.807, 2.05) is 0 Å². The molecule has 17 heavy (non-hydrogen) atoms. The molecule has 0 amide bonds. The Labute approximate surface area is 114 Å². The second-order valence-electron chi connectivity index (χ2n) is 4.19. The van der Waals surface area contributed by atoms with E-state index in [1.54, 1.807) is 13.8 Å². The lowest BCUT2D eigenvalue weighted by Crippen LogP contribution is -2.49. The normalized spacial score (nSPS) is 20.2. The van der Waals surface area contributed by atoms with Crippen molar-refractivity contribution < 1.29 is 8.42 Å². The fraction of sp³-hybridized carbons (Fsp3) is 0.667. The summed E-state index contributed by atoms with van der Waals surface area (Å²) in [5.74, 6) is 0. The fourth-order valence-corrected chi connectivity index (χ4v) is 5.26. The fourth-order valence-electron chi connectivity index (χ4n) is 1.78. The molecule has 0 radical (unpaired) electrons. The Morgan fingerprint density at radius 2 is 2.00 bits per heavy atom. The largest absolute Gasteiger partial charge is 0.252 e. The van der Waals surface area contributed by atoms with E-state index in [1.165, 1.54) is 11.3 Å². The summed E-state index contributed by atoms with van der Waals surface area (Å²) in [6.07, 6.45) is 0.873. The topological polar surface area (TPSA) is 59.1 Å². The molecule has 1 aromatic heterocycles. The number of hydrogen-bond donors (Lipinski definition) is 1. The van der Waals surface area contributed by atoms with Crippen molar-refractivity contribution in [1.29, 1.82) is 0 Å². The van der Waals surface area contributed by atoms with Crippen molar-refractivity contribution in [3.63, 3.8) is 0 Å². The van der Waals surface area contributed by atoms with Crippen LogP contribution in [0.1, 0.15) is 23.5 Å². The number of hydrogen-bond acceptors (Lipinski definition) is 4. The highest BCUT2D eigenvalue weighted by Gasteiger charge is 2.43. The van der Waals surface area contributed by atoms with E-state index in [9.17, 15) is 8.42 Å². The minimum absolute atomic E-state index is 0.184. The summed E-state index contributed by atoms with van der Waals surface area (Å²) >= 11 is 12.8. The van der Waals surface area contributed by atoms with Crippen LogP contribution in [-0.2, 0) is 10.0 Å². The van der Waals surface area contributed by atoms with Crippen molar-refractivity contribution >= 4 is 44.6 Å². The van der Waals surface area contributed by atoms with Gasteiger partial charge in [-0.3, -0.25) is 0 Å². The molecular weight excluding hydrogens is 303 g/mol. The van der Waals surface area contributed by atoms with Gasteiger partial charge in [0.05, 0.1) is 10.7 Å². The van der Waals surface area contributed by atoms with Gasteiger partial charge in [-0.2, -0.15) is 0 Å². The monoisotopic (exact) mass is 314 g/mol. The first kappa shape index (κ1) is 13.5. The SMILES string of the molecule is Cc1nc(C)c(S(=O)(=O)NC2CC(Cl)(Cl)C2)s1. The van der Waals surface area contributed by atoms with Crippen LogP contribution >= 0.6 is 34.5 Å². The Morgan fingerprint density at radius 3 is 2.41 bits per heavy atom. The summed E-state index contributed by atoms with van der Waals surface area (Å²) in [7, 11) is -3.49. The highest BCUT2D eigenvalue weighted by atomic mass is 35.5. The van der Waals surface area contributed by atoms with Gasteiger partial charge in [-0.15, -0.1) is 34.5 Å². The third-order valence-electron chi connectivity index (χ3n) is 2.52. The van der Waals surface area contributed by atoms with Crippen LogP contribution in [0, 0.1) is 13.8 Å². The number of nitrogens with zero attached hydrogens (tertiary/aromatic N) is 1. The van der Waals surface area contributed by atoms with Crippen LogP contribution in [0.2, 0.25) is 0 Å². The molecule has 1 N–H and O–H groups in total. The van der Waals surface area contributed by atoms with Crippen LogP contribution < -0.4 is 4.72 Å². The van der Waals surface area contributed by atoms with Crippen molar-refractivity contribution in [3.8, 4) is 0 Å². The molecule has 0 bridgehead atoms. The van der Waals surface area contributed by atoms with Gasteiger partial charge in [0.1, 0.15) is 4.33 Å². The smallest absolute Gasteiger partial charge is 0.245 e. The van der Waals surface area contributed by atoms with Crippen LogP contribution in [0.3, 0.4) is 0 Å². The maximum absolute atomic E-state index is 12.1. The zero-order chi connectivity index (χ0) is 12.8. The molecule has 1 saturated carbocycles. The predicted octanol–water partition coefficient (Wildman–Crippen LogP) is 2.37. The Morgan fingerprint density at radius 1 is 1.41 bits per heavy atom. The molecule has 0 aliphatic heterocycles. The minimum Gasteiger partial charge on any atom is -0.245 e. The number of halogens is 2. The zero-order valence-electron chi connectivity index (χ0n) is 9.33. The van der Waals surface area contributed by atoms with Gasteiger partial charge < -0.3 is 0 Å². The average molecular weight is 315 g/mol. The van der Waals surface area contributed by atoms with Gasteiger partial charge in [0.25, 0.3) is 10.0 Å². The lowest BCUT2D eigenvalue weighted by atomic mass is 9.93. The van der Waals surface area contributed by atoms with Gasteiger partial charge in [0.15, 0.2) is 4.21 Å². The van der Waals surface area contributed by atoms with Gasteiger partial charge in [-0.1, -0.05) is 0 Å². The molecule has 8 heteroatoms. The predicted molar refractivity (Wildman–Crippen MR) is 69.4 cm³/mol. The van der Waals surface area contributed by atoms with Crippen LogP contribution in [0.25, 0.3) is 0 Å². The van der Waals surface area contributed by atoms with E-state index >= 15 is 0 Å². The Hall–Kier alpha value is 0.120. The quantitative estimate of drug-likeness (QED) is 0.871. The van der Waals surface area contributed by atoms with Crippen molar-refractivity contribution in [3.05, 3.63) is 10.7 Å². The number of sulfonamides is 1. The van der Waals surface area contributed by atoms with Gasteiger partial charge in [-0.05, 0) is 26.7 Å². The molecule has 0 unspecified atom stereocenters. The number of thiazole rings is 1. The molecular formula is C9H12Cl2N2O2S2. The number of nitrogens with one attached hydrogen (secondary N) is 1. The molecule has 1 heterocycles. The summed E-state index contributed by atoms with van der Waals surface area (Å²) < 4.78 is 26.2. The van der Waals surface area contributed by atoms with E-state index < -0.39 is 14.4 Å². The molecule has 0 atom stereocenters. The second kappa shape index (κ2) is 4.35. The Kier molecular flexibility index (Phi) is 3.46. The molecule has 0 aromatic carbocycles. The lowest BCUT2D eigenvalue weighted by molar-refractivity contribution is 0.359. The Bertz CT molecular complexity index is 531. The zero-order valence-corrected chi connectivity index (χ0v) is 12.5. The molecule has 0 saturated heterocycles. The summed E-state index contributed by atoms with van der Waals surface area (Å²) in [5.41, 5.74) is 0.530. The van der Waals surface area contributed by atoms with Gasteiger partial charge >= 0.3 is 0 Å². The van der Waals surface area contributed by atoms with Gasteiger partial charge in [-0.25, -0.2) is 18.1 Å². The standard InChI is InChI=1S/C9H12Cl2N2O2S2/c1-5-8(16-6(2)12-5)17(14,15)13-7-3-9(10,11)4-7/h7,13H,3-4H2,1-2H3. The van der Waals surface area contributed by atoms with Crippen LogP contribution in [0.4, 0.5) is 0 Å². The van der Waals surface area contributed by atoms with E-state index in [0.717, 1.165) is 5.01 Å². The van der Waals surface area contributed by atoms with Crippen LogP contribution in [0.5, 0.6) is 0 Å². The summed E-state index contributed by atoms with van der Waals surface area (Å²) in [5, 5.41) is 0.737. The molecule has 1 aliphatic carbocycles. The first-order valence-electron chi connectivity index (χ1n) is 5.04. The molecule has 4 nitrogen and oxygen atoms in total. The van der Waals surface area contributed by atoms with Crippen molar-refractivity contribution in [2.24, 2.45) is 0 Å². The molecule has 1 aromatic rings. The average Bonchev–Trinajstić information content (AvgIpc) is 2.42. The summed E-state index contributed by atoms with van der Waals surface area (Å²) in [6.45, 7) is 3.47. The van der Waals surface area contributed by atoms with E-state index in [0.29, 0.717) is 18.5 Å². The van der Waals surface area contributed by atoms with Gasteiger partial charge in [0.2, 0.25) is 0 Å². The van der Waals surface area contributed by atoms with E-state index in [2.05, 4.69) is 9.71 Å². The number of aryl methyl sites for hydroxylation is 2. The van der Waals surface area contributed by atoms with E-state index in [-0.39, 0.29) is 10.3 Å².